The number of rotatable bonds is 3. The van der Waals surface area contributed by atoms with Crippen LogP contribution in [0.1, 0.15) is 23.5 Å². The Bertz CT molecular complexity index is 615. The van der Waals surface area contributed by atoms with Gasteiger partial charge in [0.2, 0.25) is 5.91 Å². The number of nitrogens with zero attached hydrogens (tertiary/aromatic N) is 1. The predicted molar refractivity (Wildman–Crippen MR) is 73.6 cm³/mol. The molecule has 1 N–H and O–H groups in total. The first-order valence-electron chi connectivity index (χ1n) is 6.66. The lowest BCUT2D eigenvalue weighted by Crippen LogP contribution is -2.18. The molecule has 1 aliphatic heterocycles. The van der Waals surface area contributed by atoms with Gasteiger partial charge in [-0.3, -0.25) is 9.78 Å². The fraction of sp³-hybridized carbons (Fsp3) is 0.250. The molecular weight excluding hydrogens is 255 g/mol. The van der Waals surface area contributed by atoms with Gasteiger partial charge in [-0.15, -0.1) is 0 Å². The summed E-state index contributed by atoms with van der Waals surface area (Å²) in [5, 5.41) is 2.86. The second kappa shape index (κ2) is 5.41. The van der Waals surface area contributed by atoms with Crippen LogP contribution in [-0.2, 0) is 4.79 Å². The zero-order valence-corrected chi connectivity index (χ0v) is 10.9. The van der Waals surface area contributed by atoms with Gasteiger partial charge < -0.3 is 5.32 Å². The van der Waals surface area contributed by atoms with Crippen molar-refractivity contribution in [2.75, 3.05) is 6.54 Å². The first-order valence-corrected chi connectivity index (χ1v) is 6.66. The molecule has 0 radical (unpaired) electrons. The van der Waals surface area contributed by atoms with Crippen LogP contribution in [-0.4, -0.2) is 17.4 Å². The molecule has 3 rings (SSSR count). The van der Waals surface area contributed by atoms with Crippen LogP contribution in [0.3, 0.4) is 0 Å². The van der Waals surface area contributed by atoms with Crippen LogP contribution in [0.2, 0.25) is 0 Å². The van der Waals surface area contributed by atoms with Crippen molar-refractivity contribution >= 4 is 5.91 Å². The van der Waals surface area contributed by atoms with E-state index in [0.717, 1.165) is 11.1 Å². The smallest absolute Gasteiger partial charge is 0.220 e. The Kier molecular flexibility index (Phi) is 3.46. The summed E-state index contributed by atoms with van der Waals surface area (Å²) in [5.74, 6) is -0.0383. The molecule has 2 aromatic rings. The van der Waals surface area contributed by atoms with Gasteiger partial charge in [-0.25, -0.2) is 4.39 Å². The number of nitrogens with one attached hydrogen (secondary N) is 1. The molecule has 2 atom stereocenters. The molecule has 1 saturated heterocycles. The highest BCUT2D eigenvalue weighted by Crippen LogP contribution is 2.35. The first-order chi connectivity index (χ1) is 9.74. The van der Waals surface area contributed by atoms with E-state index in [0.29, 0.717) is 13.0 Å². The van der Waals surface area contributed by atoms with Gasteiger partial charge in [-0.1, -0.05) is 12.1 Å². The number of hydrogen-bond acceptors (Lipinski definition) is 2. The van der Waals surface area contributed by atoms with Crippen LogP contribution in [0, 0.1) is 11.7 Å². The maximum atomic E-state index is 13.5. The summed E-state index contributed by atoms with van der Waals surface area (Å²) < 4.78 is 13.5. The van der Waals surface area contributed by atoms with Crippen molar-refractivity contribution in [3.8, 4) is 0 Å². The second-order valence-electron chi connectivity index (χ2n) is 5.08. The van der Waals surface area contributed by atoms with Crippen LogP contribution in [0.4, 0.5) is 4.39 Å². The van der Waals surface area contributed by atoms with Crippen molar-refractivity contribution in [2.45, 2.75) is 12.3 Å². The summed E-state index contributed by atoms with van der Waals surface area (Å²) in [6.07, 6.45) is 3.93. The molecule has 3 nitrogen and oxygen atoms in total. The fourth-order valence-corrected chi connectivity index (χ4v) is 2.87. The van der Waals surface area contributed by atoms with E-state index in [1.54, 1.807) is 24.5 Å². The number of hydrogen-bond donors (Lipinski definition) is 1. The van der Waals surface area contributed by atoms with Crippen LogP contribution >= 0.6 is 0 Å². The number of halogens is 1. The van der Waals surface area contributed by atoms with E-state index in [1.807, 2.05) is 18.2 Å². The molecule has 0 bridgehead atoms. The SMILES string of the molecule is O=C1CC(C(c2ccncc2)c2cccc(F)c2)CN1. The standard InChI is InChI=1S/C16H15FN2O/c17-14-3-1-2-12(8-14)16(11-4-6-18-7-5-11)13-9-15(20)19-10-13/h1-8,13,16H,9-10H2,(H,19,20). The highest BCUT2D eigenvalue weighted by atomic mass is 19.1. The largest absolute Gasteiger partial charge is 0.356 e. The number of carbonyl (C=O) groups is 1. The van der Waals surface area contributed by atoms with Crippen LogP contribution in [0.25, 0.3) is 0 Å². The Labute approximate surface area is 116 Å². The second-order valence-corrected chi connectivity index (χ2v) is 5.08. The van der Waals surface area contributed by atoms with Gasteiger partial charge in [0.1, 0.15) is 5.82 Å². The third-order valence-electron chi connectivity index (χ3n) is 3.75. The molecule has 4 heteroatoms. The van der Waals surface area contributed by atoms with Crippen molar-refractivity contribution < 1.29 is 9.18 Å². The predicted octanol–water partition coefficient (Wildman–Crippen LogP) is 2.49. The van der Waals surface area contributed by atoms with E-state index in [2.05, 4.69) is 10.3 Å². The van der Waals surface area contributed by atoms with E-state index in [4.69, 9.17) is 0 Å². The summed E-state index contributed by atoms with van der Waals surface area (Å²) in [6, 6.07) is 10.5. The summed E-state index contributed by atoms with van der Waals surface area (Å²) >= 11 is 0. The monoisotopic (exact) mass is 270 g/mol. The minimum absolute atomic E-state index is 0.00708. The molecule has 0 spiro atoms. The summed E-state index contributed by atoms with van der Waals surface area (Å²) in [6.45, 7) is 0.627. The molecule has 2 unspecified atom stereocenters. The third-order valence-corrected chi connectivity index (χ3v) is 3.75. The zero-order chi connectivity index (χ0) is 13.9. The lowest BCUT2D eigenvalue weighted by molar-refractivity contribution is -0.119. The van der Waals surface area contributed by atoms with Gasteiger partial charge >= 0.3 is 0 Å². The summed E-state index contributed by atoms with van der Waals surface area (Å²) in [7, 11) is 0. The molecular formula is C16H15FN2O. The summed E-state index contributed by atoms with van der Waals surface area (Å²) in [5.41, 5.74) is 1.96. The Morgan fingerprint density at radius 3 is 2.65 bits per heavy atom. The number of aromatic nitrogens is 1. The molecule has 1 aromatic carbocycles. The van der Waals surface area contributed by atoms with Gasteiger partial charge in [0.05, 0.1) is 0 Å². The van der Waals surface area contributed by atoms with Crippen molar-refractivity contribution in [2.24, 2.45) is 5.92 Å². The van der Waals surface area contributed by atoms with Crippen molar-refractivity contribution in [1.29, 1.82) is 0 Å². The molecule has 0 aliphatic carbocycles. The maximum Gasteiger partial charge on any atom is 0.220 e. The molecule has 1 fully saturated rings. The number of benzene rings is 1. The van der Waals surface area contributed by atoms with E-state index in [1.165, 1.54) is 6.07 Å². The van der Waals surface area contributed by atoms with Crippen LogP contribution < -0.4 is 5.32 Å². The van der Waals surface area contributed by atoms with E-state index in [9.17, 15) is 9.18 Å². The van der Waals surface area contributed by atoms with Gasteiger partial charge in [0, 0.05) is 31.3 Å². The third kappa shape index (κ3) is 2.54. The quantitative estimate of drug-likeness (QED) is 0.931. The molecule has 1 amide bonds. The Morgan fingerprint density at radius 2 is 2.00 bits per heavy atom. The minimum atomic E-state index is -0.251. The maximum absolute atomic E-state index is 13.5. The lowest BCUT2D eigenvalue weighted by atomic mass is 9.80. The van der Waals surface area contributed by atoms with Crippen LogP contribution in [0.15, 0.2) is 48.8 Å². The van der Waals surface area contributed by atoms with Gasteiger partial charge in [-0.2, -0.15) is 0 Å². The zero-order valence-electron chi connectivity index (χ0n) is 10.9. The van der Waals surface area contributed by atoms with Crippen molar-refractivity contribution in [3.63, 3.8) is 0 Å². The van der Waals surface area contributed by atoms with Crippen molar-refractivity contribution in [3.05, 3.63) is 65.7 Å². The van der Waals surface area contributed by atoms with Gasteiger partial charge in [0.25, 0.3) is 0 Å². The Morgan fingerprint density at radius 1 is 1.20 bits per heavy atom. The number of pyridine rings is 1. The topological polar surface area (TPSA) is 42.0 Å². The molecule has 1 aliphatic rings. The highest BCUT2D eigenvalue weighted by Gasteiger charge is 2.31. The van der Waals surface area contributed by atoms with E-state index < -0.39 is 0 Å². The molecule has 2 heterocycles. The summed E-state index contributed by atoms with van der Waals surface area (Å²) in [4.78, 5) is 15.5. The normalized spacial score (nSPS) is 19.6. The first kappa shape index (κ1) is 12.8. The van der Waals surface area contributed by atoms with Crippen LogP contribution in [0.5, 0.6) is 0 Å². The minimum Gasteiger partial charge on any atom is -0.356 e. The molecule has 20 heavy (non-hydrogen) atoms. The fourth-order valence-electron chi connectivity index (χ4n) is 2.87. The molecule has 1 aromatic heterocycles. The van der Waals surface area contributed by atoms with E-state index >= 15 is 0 Å². The molecule has 102 valence electrons. The average molecular weight is 270 g/mol. The van der Waals surface area contributed by atoms with Crippen molar-refractivity contribution in [1.82, 2.24) is 10.3 Å². The number of amides is 1. The van der Waals surface area contributed by atoms with Gasteiger partial charge in [0.15, 0.2) is 0 Å². The number of carbonyl (C=O) groups excluding carboxylic acids is 1. The van der Waals surface area contributed by atoms with Gasteiger partial charge in [-0.05, 0) is 41.3 Å². The van der Waals surface area contributed by atoms with E-state index in [-0.39, 0.29) is 23.6 Å². The highest BCUT2D eigenvalue weighted by molar-refractivity contribution is 5.78. The average Bonchev–Trinajstić information content (AvgIpc) is 2.87. The Hall–Kier alpha value is -2.23. The molecule has 0 saturated carbocycles. The lowest BCUT2D eigenvalue weighted by Gasteiger charge is -2.23. The Balaban J connectivity index is 2.01.